The quantitative estimate of drug-likeness (QED) is 0.318. The van der Waals surface area contributed by atoms with Gasteiger partial charge in [0.1, 0.15) is 0 Å². The highest BCUT2D eigenvalue weighted by Gasteiger charge is 2.38. The smallest absolute Gasteiger partial charge is 0.329 e. The minimum Gasteiger partial charge on any atom is -0.345 e. The maximum Gasteiger partial charge on any atom is 0.329 e. The molecule has 0 saturated carbocycles. The van der Waals surface area contributed by atoms with Gasteiger partial charge >= 0.3 is 11.8 Å². The van der Waals surface area contributed by atoms with Crippen LogP contribution in [0.5, 0.6) is 0 Å². The van der Waals surface area contributed by atoms with Crippen molar-refractivity contribution in [2.45, 2.75) is 57.7 Å². The van der Waals surface area contributed by atoms with E-state index in [1.807, 2.05) is 0 Å². The molecule has 9 nitrogen and oxygen atoms in total. The summed E-state index contributed by atoms with van der Waals surface area (Å²) in [5, 5.41) is 20.7. The van der Waals surface area contributed by atoms with Gasteiger partial charge in [-0.05, 0) is 40.5 Å². The highest BCUT2D eigenvalue weighted by molar-refractivity contribution is 6.35. The third kappa shape index (κ3) is 6.14. The molecule has 1 aromatic rings. The second-order valence-corrected chi connectivity index (χ2v) is 8.02. The first kappa shape index (κ1) is 20.5. The highest BCUT2D eigenvalue weighted by Crippen LogP contribution is 2.28. The molecule has 0 atom stereocenters. The van der Waals surface area contributed by atoms with Gasteiger partial charge < -0.3 is 10.6 Å². The summed E-state index contributed by atoms with van der Waals surface area (Å²) >= 11 is 0. The fraction of sp³-hybridized carbons (Fsp3) is 0.500. The van der Waals surface area contributed by atoms with Crippen molar-refractivity contribution in [1.82, 2.24) is 16.1 Å². The maximum absolute atomic E-state index is 12.1. The molecule has 0 radical (unpaired) electrons. The number of hydrazone groups is 1. The lowest BCUT2D eigenvalue weighted by Crippen LogP contribution is -2.62. The minimum atomic E-state index is -0.883. The second-order valence-electron chi connectivity index (χ2n) is 8.02. The number of nitrogens with one attached hydrogen (secondary N) is 3. The standard InChI is InChI=1S/C18H25N5O4/c1-17(2)9-13(10-18(3,4)22-17)20-15(24)16(25)21-19-11-12-6-5-7-14(8-12)23(26)27/h5-8,11,13,22H,9-10H2,1-4H3,(H,20,24)(H,21,25)/b19-11+. The Bertz CT molecular complexity index is 757. The molecule has 1 aliphatic rings. The third-order valence-electron chi connectivity index (χ3n) is 4.19. The molecule has 1 heterocycles. The predicted molar refractivity (Wildman–Crippen MR) is 101 cm³/mol. The van der Waals surface area contributed by atoms with E-state index in [1.54, 1.807) is 6.07 Å². The van der Waals surface area contributed by atoms with E-state index in [1.165, 1.54) is 24.4 Å². The molecular weight excluding hydrogens is 350 g/mol. The highest BCUT2D eigenvalue weighted by atomic mass is 16.6. The number of non-ortho nitro benzene ring substituents is 1. The van der Waals surface area contributed by atoms with Crippen molar-refractivity contribution >= 4 is 23.7 Å². The molecule has 9 heteroatoms. The number of benzene rings is 1. The summed E-state index contributed by atoms with van der Waals surface area (Å²) in [7, 11) is 0. The zero-order chi connectivity index (χ0) is 20.2. The van der Waals surface area contributed by atoms with Crippen molar-refractivity contribution in [2.75, 3.05) is 0 Å². The third-order valence-corrected chi connectivity index (χ3v) is 4.19. The van der Waals surface area contributed by atoms with Gasteiger partial charge in [-0.1, -0.05) is 12.1 Å². The van der Waals surface area contributed by atoms with Crippen molar-refractivity contribution in [1.29, 1.82) is 0 Å². The molecular formula is C18H25N5O4. The van der Waals surface area contributed by atoms with Gasteiger partial charge in [-0.3, -0.25) is 19.7 Å². The monoisotopic (exact) mass is 375 g/mol. The Labute approximate surface area is 157 Å². The molecule has 2 amide bonds. The zero-order valence-electron chi connectivity index (χ0n) is 15.9. The average Bonchev–Trinajstić information content (AvgIpc) is 2.51. The van der Waals surface area contributed by atoms with E-state index in [4.69, 9.17) is 0 Å². The Hall–Kier alpha value is -2.81. The van der Waals surface area contributed by atoms with E-state index in [9.17, 15) is 19.7 Å². The maximum atomic E-state index is 12.1. The molecule has 0 bridgehead atoms. The topological polar surface area (TPSA) is 126 Å². The van der Waals surface area contributed by atoms with E-state index < -0.39 is 16.7 Å². The van der Waals surface area contributed by atoms with E-state index in [2.05, 4.69) is 48.9 Å². The van der Waals surface area contributed by atoms with Crippen LogP contribution >= 0.6 is 0 Å². The Morgan fingerprint density at radius 2 is 1.85 bits per heavy atom. The fourth-order valence-corrected chi connectivity index (χ4v) is 3.61. The predicted octanol–water partition coefficient (Wildman–Crippen LogP) is 1.47. The number of amides is 2. The minimum absolute atomic E-state index is 0.0841. The van der Waals surface area contributed by atoms with Crippen LogP contribution < -0.4 is 16.1 Å². The zero-order valence-corrected chi connectivity index (χ0v) is 15.9. The Morgan fingerprint density at radius 3 is 2.44 bits per heavy atom. The summed E-state index contributed by atoms with van der Waals surface area (Å²) in [6, 6.07) is 5.65. The van der Waals surface area contributed by atoms with E-state index in [-0.39, 0.29) is 22.8 Å². The number of hydrogen-bond donors (Lipinski definition) is 3. The van der Waals surface area contributed by atoms with Crippen LogP contribution in [0.15, 0.2) is 29.4 Å². The normalized spacial score (nSPS) is 18.8. The Kier molecular flexibility index (Phi) is 5.94. The van der Waals surface area contributed by atoms with Gasteiger partial charge in [0.2, 0.25) is 0 Å². The number of hydrogen-bond acceptors (Lipinski definition) is 6. The average molecular weight is 375 g/mol. The number of carbonyl (C=O) groups excluding carboxylic acids is 2. The Balaban J connectivity index is 1.91. The van der Waals surface area contributed by atoms with E-state index in [0.717, 1.165) is 0 Å². The van der Waals surface area contributed by atoms with Crippen LogP contribution in [0.25, 0.3) is 0 Å². The van der Waals surface area contributed by atoms with Crippen LogP contribution in [-0.4, -0.2) is 40.1 Å². The van der Waals surface area contributed by atoms with Gasteiger partial charge in [0.15, 0.2) is 0 Å². The summed E-state index contributed by atoms with van der Waals surface area (Å²) in [4.78, 5) is 34.3. The molecule has 0 aromatic heterocycles. The molecule has 1 saturated heterocycles. The molecule has 0 spiro atoms. The molecule has 27 heavy (non-hydrogen) atoms. The molecule has 0 unspecified atom stereocenters. The first-order chi connectivity index (χ1) is 12.5. The molecule has 1 aliphatic heterocycles. The van der Waals surface area contributed by atoms with Crippen molar-refractivity contribution in [2.24, 2.45) is 5.10 Å². The molecule has 3 N–H and O–H groups in total. The van der Waals surface area contributed by atoms with Gasteiger partial charge in [0, 0.05) is 34.8 Å². The van der Waals surface area contributed by atoms with E-state index in [0.29, 0.717) is 18.4 Å². The van der Waals surface area contributed by atoms with Crippen LogP contribution in [0.1, 0.15) is 46.1 Å². The van der Waals surface area contributed by atoms with Crippen LogP contribution in [-0.2, 0) is 9.59 Å². The second kappa shape index (κ2) is 7.83. The largest absolute Gasteiger partial charge is 0.345 e. The van der Waals surface area contributed by atoms with Crippen molar-refractivity contribution < 1.29 is 14.5 Å². The van der Waals surface area contributed by atoms with Gasteiger partial charge in [-0.15, -0.1) is 0 Å². The summed E-state index contributed by atoms with van der Waals surface area (Å²) in [6.07, 6.45) is 2.65. The van der Waals surface area contributed by atoms with Gasteiger partial charge in [-0.2, -0.15) is 5.10 Å². The molecule has 2 rings (SSSR count). The van der Waals surface area contributed by atoms with Crippen molar-refractivity contribution in [3.05, 3.63) is 39.9 Å². The Morgan fingerprint density at radius 1 is 1.22 bits per heavy atom. The number of nitro groups is 1. The van der Waals surface area contributed by atoms with Crippen molar-refractivity contribution in [3.8, 4) is 0 Å². The lowest BCUT2D eigenvalue weighted by Gasteiger charge is -2.46. The molecule has 0 aliphatic carbocycles. The summed E-state index contributed by atoms with van der Waals surface area (Å²) < 4.78 is 0. The number of nitrogens with zero attached hydrogens (tertiary/aromatic N) is 2. The van der Waals surface area contributed by atoms with Crippen LogP contribution in [0.2, 0.25) is 0 Å². The fourth-order valence-electron chi connectivity index (χ4n) is 3.61. The SMILES string of the molecule is CC1(C)CC(NC(=O)C(=O)N/N=C/c2cccc([N+](=O)[O-])c2)CC(C)(C)N1. The van der Waals surface area contributed by atoms with Crippen LogP contribution in [0.3, 0.4) is 0 Å². The van der Waals surface area contributed by atoms with E-state index >= 15 is 0 Å². The van der Waals surface area contributed by atoms with Gasteiger partial charge in [0.05, 0.1) is 11.1 Å². The van der Waals surface area contributed by atoms with Crippen LogP contribution in [0.4, 0.5) is 5.69 Å². The molecule has 146 valence electrons. The number of rotatable bonds is 4. The summed E-state index contributed by atoms with van der Waals surface area (Å²) in [6.45, 7) is 8.21. The lowest BCUT2D eigenvalue weighted by molar-refractivity contribution is -0.384. The van der Waals surface area contributed by atoms with Gasteiger partial charge in [-0.25, -0.2) is 5.43 Å². The number of carbonyl (C=O) groups is 2. The number of nitro benzene ring substituents is 1. The van der Waals surface area contributed by atoms with Crippen LogP contribution in [0, 0.1) is 10.1 Å². The van der Waals surface area contributed by atoms with Crippen molar-refractivity contribution in [3.63, 3.8) is 0 Å². The summed E-state index contributed by atoms with van der Waals surface area (Å²) in [5.74, 6) is -1.64. The first-order valence-electron chi connectivity index (χ1n) is 8.65. The number of piperidine rings is 1. The molecule has 1 fully saturated rings. The first-order valence-corrected chi connectivity index (χ1v) is 8.65. The summed E-state index contributed by atoms with van der Waals surface area (Å²) in [5.41, 5.74) is 2.18. The van der Waals surface area contributed by atoms with Gasteiger partial charge in [0.25, 0.3) is 5.69 Å². The lowest BCUT2D eigenvalue weighted by atomic mass is 9.79. The molecule has 1 aromatic carbocycles.